The van der Waals surface area contributed by atoms with Gasteiger partial charge in [0.15, 0.2) is 0 Å². The summed E-state index contributed by atoms with van der Waals surface area (Å²) in [5, 5.41) is 3.70. The van der Waals surface area contributed by atoms with E-state index >= 15 is 0 Å². The smallest absolute Gasteiger partial charge is 0.279 e. The van der Waals surface area contributed by atoms with Crippen LogP contribution in [0.5, 0.6) is 0 Å². The lowest BCUT2D eigenvalue weighted by Crippen LogP contribution is -2.31. The Morgan fingerprint density at radius 2 is 2.38 bits per heavy atom. The van der Waals surface area contributed by atoms with Crippen molar-refractivity contribution in [2.75, 3.05) is 0 Å². The SMILES string of the molecule is CCCC1NC(=O)SC1CC(C)I. The summed E-state index contributed by atoms with van der Waals surface area (Å²) in [5.74, 6) is 0. The first kappa shape index (κ1) is 11.6. The lowest BCUT2D eigenvalue weighted by Gasteiger charge is -2.17. The van der Waals surface area contributed by atoms with E-state index in [0.717, 1.165) is 19.3 Å². The predicted molar refractivity (Wildman–Crippen MR) is 66.7 cm³/mol. The number of hydrogen-bond acceptors (Lipinski definition) is 2. The maximum atomic E-state index is 11.2. The van der Waals surface area contributed by atoms with Gasteiger partial charge in [-0.15, -0.1) is 0 Å². The van der Waals surface area contributed by atoms with Crippen molar-refractivity contribution in [2.45, 2.75) is 48.3 Å². The highest BCUT2D eigenvalue weighted by molar-refractivity contribution is 14.1. The number of carbonyl (C=O) groups excluding carboxylic acids is 1. The lowest BCUT2D eigenvalue weighted by atomic mass is 10.1. The summed E-state index contributed by atoms with van der Waals surface area (Å²) in [5.41, 5.74) is 0. The Balaban J connectivity index is 2.45. The van der Waals surface area contributed by atoms with Crippen LogP contribution in [-0.2, 0) is 0 Å². The van der Waals surface area contributed by atoms with Crippen molar-refractivity contribution in [3.05, 3.63) is 0 Å². The second-order valence-electron chi connectivity index (χ2n) is 3.50. The molecule has 1 amide bonds. The third kappa shape index (κ3) is 3.65. The van der Waals surface area contributed by atoms with Gasteiger partial charge in [0.25, 0.3) is 5.24 Å². The minimum Gasteiger partial charge on any atom is -0.343 e. The molecule has 1 rings (SSSR count). The minimum absolute atomic E-state index is 0.167. The van der Waals surface area contributed by atoms with E-state index in [9.17, 15) is 4.79 Å². The zero-order chi connectivity index (χ0) is 9.84. The molecule has 1 fully saturated rings. The van der Waals surface area contributed by atoms with E-state index in [1.807, 2.05) is 0 Å². The van der Waals surface area contributed by atoms with Crippen LogP contribution in [-0.4, -0.2) is 20.5 Å². The van der Waals surface area contributed by atoms with Gasteiger partial charge < -0.3 is 5.32 Å². The van der Waals surface area contributed by atoms with Crippen LogP contribution in [0.3, 0.4) is 0 Å². The van der Waals surface area contributed by atoms with Crippen molar-refractivity contribution in [1.82, 2.24) is 5.32 Å². The summed E-state index contributed by atoms with van der Waals surface area (Å²) in [4.78, 5) is 11.2. The first-order valence-corrected chi connectivity index (χ1v) is 6.87. The van der Waals surface area contributed by atoms with E-state index in [2.05, 4.69) is 41.8 Å². The van der Waals surface area contributed by atoms with Crippen molar-refractivity contribution < 1.29 is 4.79 Å². The van der Waals surface area contributed by atoms with Crippen LogP contribution in [0.2, 0.25) is 0 Å². The molecule has 0 aromatic rings. The molecule has 3 unspecified atom stereocenters. The number of thioether (sulfide) groups is 1. The molecule has 1 aliphatic rings. The average molecular weight is 313 g/mol. The second-order valence-corrected chi connectivity index (χ2v) is 6.84. The molecule has 2 nitrogen and oxygen atoms in total. The number of hydrogen-bond donors (Lipinski definition) is 1. The van der Waals surface area contributed by atoms with Gasteiger partial charge in [0, 0.05) is 15.2 Å². The fourth-order valence-corrected chi connectivity index (χ4v) is 3.74. The van der Waals surface area contributed by atoms with E-state index in [1.54, 1.807) is 0 Å². The Morgan fingerprint density at radius 1 is 1.69 bits per heavy atom. The largest absolute Gasteiger partial charge is 0.343 e. The van der Waals surface area contributed by atoms with Gasteiger partial charge in [-0.25, -0.2) is 0 Å². The van der Waals surface area contributed by atoms with Crippen molar-refractivity contribution >= 4 is 39.6 Å². The molecule has 0 spiro atoms. The van der Waals surface area contributed by atoms with Crippen molar-refractivity contribution in [3.8, 4) is 0 Å². The Labute approximate surface area is 97.7 Å². The summed E-state index contributed by atoms with van der Waals surface area (Å²) >= 11 is 3.91. The lowest BCUT2D eigenvalue weighted by molar-refractivity contribution is 0.259. The van der Waals surface area contributed by atoms with E-state index in [-0.39, 0.29) is 5.24 Å². The number of rotatable bonds is 4. The third-order valence-electron chi connectivity index (χ3n) is 2.17. The quantitative estimate of drug-likeness (QED) is 0.638. The molecule has 0 aromatic heterocycles. The van der Waals surface area contributed by atoms with Crippen molar-refractivity contribution in [2.24, 2.45) is 0 Å². The summed E-state index contributed by atoms with van der Waals surface area (Å²) in [6.45, 7) is 4.37. The van der Waals surface area contributed by atoms with Crippen LogP contribution in [0.15, 0.2) is 0 Å². The van der Waals surface area contributed by atoms with Gasteiger partial charge in [-0.1, -0.05) is 54.6 Å². The molecule has 13 heavy (non-hydrogen) atoms. The van der Waals surface area contributed by atoms with Gasteiger partial charge in [0.2, 0.25) is 0 Å². The highest BCUT2D eigenvalue weighted by Crippen LogP contribution is 2.30. The summed E-state index contributed by atoms with van der Waals surface area (Å²) in [6, 6.07) is 0.416. The van der Waals surface area contributed by atoms with Crippen LogP contribution < -0.4 is 5.32 Å². The number of halogens is 1. The summed E-state index contributed by atoms with van der Waals surface area (Å²) in [7, 11) is 0. The maximum absolute atomic E-state index is 11.2. The van der Waals surface area contributed by atoms with Crippen LogP contribution in [0, 0.1) is 0 Å². The number of carbonyl (C=O) groups is 1. The Kier molecular flexibility index (Phi) is 4.86. The molecular formula is C9H16INOS. The molecule has 1 saturated heterocycles. The van der Waals surface area contributed by atoms with Gasteiger partial charge in [-0.05, 0) is 12.8 Å². The Bertz CT molecular complexity index is 186. The molecule has 0 radical (unpaired) electrons. The zero-order valence-corrected chi connectivity index (χ0v) is 11.0. The first-order chi connectivity index (χ1) is 6.13. The molecule has 1 N–H and O–H groups in total. The normalized spacial score (nSPS) is 30.2. The number of amides is 1. The van der Waals surface area contributed by atoms with Crippen LogP contribution in [0.25, 0.3) is 0 Å². The molecule has 0 aromatic carbocycles. The van der Waals surface area contributed by atoms with E-state index in [0.29, 0.717) is 15.2 Å². The van der Waals surface area contributed by atoms with E-state index in [1.165, 1.54) is 11.8 Å². The fourth-order valence-electron chi connectivity index (χ4n) is 1.60. The van der Waals surface area contributed by atoms with E-state index < -0.39 is 0 Å². The molecule has 0 bridgehead atoms. The van der Waals surface area contributed by atoms with Gasteiger partial charge in [0.1, 0.15) is 0 Å². The summed E-state index contributed by atoms with van der Waals surface area (Å²) < 4.78 is 0.655. The Hall–Kier alpha value is 0.550. The van der Waals surface area contributed by atoms with Crippen LogP contribution >= 0.6 is 34.4 Å². The molecule has 3 atom stereocenters. The van der Waals surface area contributed by atoms with Crippen LogP contribution in [0.1, 0.15) is 33.1 Å². The van der Waals surface area contributed by atoms with Crippen molar-refractivity contribution in [1.29, 1.82) is 0 Å². The minimum atomic E-state index is 0.167. The average Bonchev–Trinajstić information content (AvgIpc) is 2.31. The highest BCUT2D eigenvalue weighted by atomic mass is 127. The van der Waals surface area contributed by atoms with Crippen LogP contribution in [0.4, 0.5) is 4.79 Å². The van der Waals surface area contributed by atoms with Crippen molar-refractivity contribution in [3.63, 3.8) is 0 Å². The molecular weight excluding hydrogens is 297 g/mol. The van der Waals surface area contributed by atoms with Gasteiger partial charge in [-0.2, -0.15) is 0 Å². The summed E-state index contributed by atoms with van der Waals surface area (Å²) in [6.07, 6.45) is 3.40. The van der Waals surface area contributed by atoms with E-state index in [4.69, 9.17) is 0 Å². The Morgan fingerprint density at radius 3 is 2.92 bits per heavy atom. The monoisotopic (exact) mass is 313 g/mol. The van der Waals surface area contributed by atoms with Gasteiger partial charge in [0.05, 0.1) is 0 Å². The first-order valence-electron chi connectivity index (χ1n) is 4.74. The highest BCUT2D eigenvalue weighted by Gasteiger charge is 2.32. The molecule has 0 saturated carbocycles. The predicted octanol–water partition coefficient (Wildman–Crippen LogP) is 3.19. The zero-order valence-electron chi connectivity index (χ0n) is 8.05. The fraction of sp³-hybridized carbons (Fsp3) is 0.889. The standard InChI is InChI=1S/C9H16INOS/c1-3-4-7-8(5-6(2)10)13-9(12)11-7/h6-8H,3-5H2,1-2H3,(H,11,12). The number of alkyl halides is 1. The maximum Gasteiger partial charge on any atom is 0.279 e. The van der Waals surface area contributed by atoms with Gasteiger partial charge >= 0.3 is 0 Å². The molecule has 1 aliphatic heterocycles. The molecule has 76 valence electrons. The molecule has 1 heterocycles. The molecule has 4 heteroatoms. The second kappa shape index (κ2) is 5.44. The molecule has 0 aliphatic carbocycles. The third-order valence-corrected chi connectivity index (χ3v) is 3.83. The van der Waals surface area contributed by atoms with Gasteiger partial charge in [-0.3, -0.25) is 4.79 Å². The topological polar surface area (TPSA) is 29.1 Å². The number of nitrogens with one attached hydrogen (secondary N) is 1.